The van der Waals surface area contributed by atoms with Crippen molar-refractivity contribution in [2.75, 3.05) is 50.5 Å². The van der Waals surface area contributed by atoms with Gasteiger partial charge in [0.2, 0.25) is 0 Å². The first kappa shape index (κ1) is 28.2. The molecule has 3 aromatic heterocycles. The number of hydrogen-bond acceptors (Lipinski definition) is 9. The van der Waals surface area contributed by atoms with Gasteiger partial charge < -0.3 is 10.1 Å². The molecule has 0 saturated carbocycles. The molecule has 0 bridgehead atoms. The maximum atomic E-state index is 13.2. The van der Waals surface area contributed by atoms with Crippen LogP contribution in [0.2, 0.25) is 0 Å². The van der Waals surface area contributed by atoms with Crippen LogP contribution in [0.1, 0.15) is 16.9 Å². The molecule has 0 spiro atoms. The lowest BCUT2D eigenvalue weighted by atomic mass is 10.1. The summed E-state index contributed by atoms with van der Waals surface area (Å²) in [5.41, 5.74) is 1.37. The van der Waals surface area contributed by atoms with Crippen molar-refractivity contribution in [2.45, 2.75) is 24.0 Å². The molecule has 0 atom stereocenters. The summed E-state index contributed by atoms with van der Waals surface area (Å²) in [5.74, 6) is -0.534. The number of hydrogen-bond donors (Lipinski definition) is 1. The number of sulfone groups is 1. The molecule has 0 aliphatic carbocycles. The van der Waals surface area contributed by atoms with E-state index in [1.807, 2.05) is 31.2 Å². The summed E-state index contributed by atoms with van der Waals surface area (Å²) in [6, 6.07) is 14.2. The van der Waals surface area contributed by atoms with E-state index in [1.54, 1.807) is 24.4 Å². The summed E-state index contributed by atoms with van der Waals surface area (Å²) >= 11 is 1.16. The summed E-state index contributed by atoms with van der Waals surface area (Å²) in [7, 11) is -3.66. The highest BCUT2D eigenvalue weighted by molar-refractivity contribution is 7.94. The fourth-order valence-corrected chi connectivity index (χ4v) is 7.32. The van der Waals surface area contributed by atoms with Gasteiger partial charge >= 0.3 is 0 Å². The Labute approximate surface area is 237 Å². The third kappa shape index (κ3) is 6.84. The molecule has 4 heterocycles. The number of rotatable bonds is 11. The number of pyridine rings is 2. The van der Waals surface area contributed by atoms with E-state index < -0.39 is 21.4 Å². The van der Waals surface area contributed by atoms with Gasteiger partial charge in [0.1, 0.15) is 15.8 Å². The van der Waals surface area contributed by atoms with Crippen molar-refractivity contribution in [3.8, 4) is 5.82 Å². The topological polar surface area (TPSA) is 111 Å². The van der Waals surface area contributed by atoms with Gasteiger partial charge in [-0.05, 0) is 73.3 Å². The minimum absolute atomic E-state index is 0.0499. The van der Waals surface area contributed by atoms with Gasteiger partial charge in [-0.15, -0.1) is 11.3 Å². The van der Waals surface area contributed by atoms with Gasteiger partial charge in [0.15, 0.2) is 15.6 Å². The van der Waals surface area contributed by atoms with Gasteiger partial charge in [-0.2, -0.15) is 0 Å². The second-order valence-electron chi connectivity index (χ2n) is 9.89. The molecule has 5 rings (SSSR count). The number of anilines is 1. The standard InChI is InChI=1S/C29H32N4O5S2/c1-21-3-8-28(39-21)40(36,37)20-25(34)17-22-4-7-27(31-19-22)33-12-9-23-18-24(5-6-26(23)29(33)35)30-10-2-11-32-13-15-38-16-14-32/h3-9,12,18-19,30H,2,10-11,13-17,20H2,1H3. The number of nitrogens with one attached hydrogen (secondary N) is 1. The molecular weight excluding hydrogens is 548 g/mol. The van der Waals surface area contributed by atoms with Crippen molar-refractivity contribution in [1.82, 2.24) is 14.5 Å². The highest BCUT2D eigenvalue weighted by Gasteiger charge is 2.21. The molecule has 210 valence electrons. The molecule has 1 saturated heterocycles. The van der Waals surface area contributed by atoms with E-state index in [0.29, 0.717) is 16.8 Å². The van der Waals surface area contributed by atoms with E-state index in [2.05, 4.69) is 15.2 Å². The molecule has 1 aliphatic heterocycles. The van der Waals surface area contributed by atoms with E-state index in [0.717, 1.165) is 73.1 Å². The van der Waals surface area contributed by atoms with Crippen molar-refractivity contribution in [3.05, 3.63) is 81.7 Å². The van der Waals surface area contributed by atoms with Gasteiger partial charge in [0, 0.05) is 54.4 Å². The molecule has 0 unspecified atom stereocenters. The molecule has 1 aromatic carbocycles. The van der Waals surface area contributed by atoms with Gasteiger partial charge in [-0.25, -0.2) is 13.4 Å². The lowest BCUT2D eigenvalue weighted by Crippen LogP contribution is -2.37. The predicted molar refractivity (Wildman–Crippen MR) is 158 cm³/mol. The number of carbonyl (C=O) groups is 1. The van der Waals surface area contributed by atoms with Crippen LogP contribution in [0.25, 0.3) is 16.6 Å². The molecular formula is C29H32N4O5S2. The predicted octanol–water partition coefficient (Wildman–Crippen LogP) is 3.48. The smallest absolute Gasteiger partial charge is 0.264 e. The fraction of sp³-hybridized carbons (Fsp3) is 0.345. The molecule has 4 aromatic rings. The Hall–Kier alpha value is -3.38. The maximum Gasteiger partial charge on any atom is 0.264 e. The van der Waals surface area contributed by atoms with E-state index in [9.17, 15) is 18.0 Å². The number of nitrogens with zero attached hydrogens (tertiary/aromatic N) is 3. The van der Waals surface area contributed by atoms with E-state index in [1.165, 1.54) is 16.8 Å². The van der Waals surface area contributed by atoms with E-state index >= 15 is 0 Å². The Bertz CT molecular complexity index is 1660. The Balaban J connectivity index is 1.20. The number of ketones is 1. The Morgan fingerprint density at radius 1 is 1.10 bits per heavy atom. The normalized spacial score (nSPS) is 14.4. The average molecular weight is 581 g/mol. The molecule has 40 heavy (non-hydrogen) atoms. The van der Waals surface area contributed by atoms with Crippen LogP contribution in [0.15, 0.2) is 69.9 Å². The minimum atomic E-state index is -3.66. The van der Waals surface area contributed by atoms with Crippen molar-refractivity contribution >= 4 is 43.4 Å². The van der Waals surface area contributed by atoms with Crippen LogP contribution >= 0.6 is 11.3 Å². The number of Topliss-reactive ketones (excluding diaryl/α,β-unsaturated/α-hetero) is 1. The first-order valence-corrected chi connectivity index (χ1v) is 15.7. The second kappa shape index (κ2) is 12.4. The summed E-state index contributed by atoms with van der Waals surface area (Å²) < 4.78 is 32.1. The highest BCUT2D eigenvalue weighted by Crippen LogP contribution is 2.22. The fourth-order valence-electron chi connectivity index (χ4n) is 4.70. The van der Waals surface area contributed by atoms with E-state index in [4.69, 9.17) is 4.74 Å². The van der Waals surface area contributed by atoms with Crippen molar-refractivity contribution in [2.24, 2.45) is 0 Å². The third-order valence-electron chi connectivity index (χ3n) is 6.82. The minimum Gasteiger partial charge on any atom is -0.385 e. The van der Waals surface area contributed by atoms with E-state index in [-0.39, 0.29) is 16.2 Å². The average Bonchev–Trinajstić information content (AvgIpc) is 3.39. The number of carbonyl (C=O) groups excluding carboxylic acids is 1. The third-order valence-corrected chi connectivity index (χ3v) is 10.1. The summed E-state index contributed by atoms with van der Waals surface area (Å²) in [5, 5.41) is 4.86. The Morgan fingerprint density at radius 2 is 1.93 bits per heavy atom. The Morgan fingerprint density at radius 3 is 2.65 bits per heavy atom. The molecule has 0 radical (unpaired) electrons. The van der Waals surface area contributed by atoms with Crippen LogP contribution in [0.5, 0.6) is 0 Å². The van der Waals surface area contributed by atoms with Crippen molar-refractivity contribution in [1.29, 1.82) is 0 Å². The molecule has 11 heteroatoms. The molecule has 1 aliphatic rings. The SMILES string of the molecule is Cc1ccc(S(=O)(=O)CC(=O)Cc2ccc(-n3ccc4cc(NCCCN5CCOCC5)ccc4c3=O)nc2)s1. The van der Waals surface area contributed by atoms with Crippen LogP contribution in [-0.2, 0) is 25.8 Å². The summed E-state index contributed by atoms with van der Waals surface area (Å²) in [4.78, 5) is 33.3. The lowest BCUT2D eigenvalue weighted by molar-refractivity contribution is -0.116. The second-order valence-corrected chi connectivity index (χ2v) is 13.4. The molecule has 1 N–H and O–H groups in total. The van der Waals surface area contributed by atoms with Gasteiger partial charge in [-0.1, -0.05) is 6.07 Å². The highest BCUT2D eigenvalue weighted by atomic mass is 32.2. The van der Waals surface area contributed by atoms with Crippen LogP contribution in [0, 0.1) is 6.92 Å². The number of aromatic nitrogens is 2. The Kier molecular flexibility index (Phi) is 8.75. The first-order chi connectivity index (χ1) is 19.3. The number of aryl methyl sites for hydroxylation is 1. The maximum absolute atomic E-state index is 13.2. The lowest BCUT2D eigenvalue weighted by Gasteiger charge is -2.26. The monoisotopic (exact) mass is 580 g/mol. The number of ether oxygens (including phenoxy) is 1. The van der Waals surface area contributed by atoms with Gasteiger partial charge in [0.05, 0.1) is 13.2 Å². The van der Waals surface area contributed by atoms with Crippen LogP contribution in [0.4, 0.5) is 5.69 Å². The van der Waals surface area contributed by atoms with Crippen molar-refractivity contribution in [3.63, 3.8) is 0 Å². The zero-order chi connectivity index (χ0) is 28.1. The number of thiophene rings is 1. The number of benzene rings is 1. The zero-order valence-corrected chi connectivity index (χ0v) is 24.0. The first-order valence-electron chi connectivity index (χ1n) is 13.2. The van der Waals surface area contributed by atoms with Crippen LogP contribution in [0.3, 0.4) is 0 Å². The van der Waals surface area contributed by atoms with Crippen molar-refractivity contribution < 1.29 is 17.9 Å². The molecule has 0 amide bonds. The zero-order valence-electron chi connectivity index (χ0n) is 22.3. The quantitative estimate of drug-likeness (QED) is 0.269. The summed E-state index contributed by atoms with van der Waals surface area (Å²) in [6.07, 6.45) is 4.17. The van der Waals surface area contributed by atoms with Gasteiger partial charge in [0.25, 0.3) is 5.56 Å². The number of fused-ring (bicyclic) bond motifs is 1. The largest absolute Gasteiger partial charge is 0.385 e. The van der Waals surface area contributed by atoms with Gasteiger partial charge in [-0.3, -0.25) is 19.1 Å². The summed E-state index contributed by atoms with van der Waals surface area (Å²) in [6.45, 7) is 7.27. The van der Waals surface area contributed by atoms with Crippen LogP contribution in [-0.4, -0.2) is 73.8 Å². The molecule has 9 nitrogen and oxygen atoms in total. The number of morpholine rings is 1. The van der Waals surface area contributed by atoms with Crippen LogP contribution < -0.4 is 10.9 Å². The molecule has 1 fully saturated rings.